The lowest BCUT2D eigenvalue weighted by molar-refractivity contribution is 0.734. The van der Waals surface area contributed by atoms with E-state index in [-0.39, 0.29) is 12.4 Å². The van der Waals surface area contributed by atoms with Crippen LogP contribution in [0.1, 0.15) is 6.42 Å². The van der Waals surface area contributed by atoms with Crippen LogP contribution >= 0.6 is 35.6 Å². The van der Waals surface area contributed by atoms with Crippen molar-refractivity contribution >= 4 is 35.6 Å². The quantitative estimate of drug-likeness (QED) is 0.472. The Kier molecular flexibility index (Phi) is 3.74. The number of hydrogen-bond acceptors (Lipinski definition) is 1. The highest BCUT2D eigenvalue weighted by Crippen LogP contribution is 2.25. The van der Waals surface area contributed by atoms with Crippen molar-refractivity contribution in [3.63, 3.8) is 0 Å². The van der Waals surface area contributed by atoms with Gasteiger partial charge in [-0.1, -0.05) is 29.3 Å². The highest BCUT2D eigenvalue weighted by atomic mass is 35.5. The second-order valence-electron chi connectivity index (χ2n) is 2.08. The van der Waals surface area contributed by atoms with Crippen molar-refractivity contribution < 1.29 is 0 Å². The van der Waals surface area contributed by atoms with E-state index in [1.54, 1.807) is 18.2 Å². The second-order valence-corrected chi connectivity index (χ2v) is 3.27. The normalized spacial score (nSPS) is 30.9. The summed E-state index contributed by atoms with van der Waals surface area (Å²) in [4.78, 5) is -0.758. The van der Waals surface area contributed by atoms with E-state index >= 15 is 0 Å². The van der Waals surface area contributed by atoms with Crippen molar-refractivity contribution in [1.82, 2.24) is 0 Å². The summed E-state index contributed by atoms with van der Waals surface area (Å²) in [6.45, 7) is 0. The lowest BCUT2D eigenvalue weighted by Gasteiger charge is -2.18. The minimum atomic E-state index is -0.758. The van der Waals surface area contributed by atoms with Crippen LogP contribution in [0.15, 0.2) is 23.3 Å². The van der Waals surface area contributed by atoms with Gasteiger partial charge in [-0.25, -0.2) is 0 Å². The first kappa shape index (κ1) is 10.3. The van der Waals surface area contributed by atoms with Crippen LogP contribution in [0.2, 0.25) is 0 Å². The minimum absolute atomic E-state index is 0. The van der Waals surface area contributed by atoms with Gasteiger partial charge in [0.15, 0.2) is 0 Å². The van der Waals surface area contributed by atoms with Gasteiger partial charge in [-0.3, -0.25) is 0 Å². The zero-order valence-corrected chi connectivity index (χ0v) is 7.51. The first-order valence-electron chi connectivity index (χ1n) is 2.62. The molecule has 0 fully saturated rings. The Morgan fingerprint density at radius 3 is 2.50 bits per heavy atom. The van der Waals surface area contributed by atoms with Crippen molar-refractivity contribution in [3.8, 4) is 0 Å². The second kappa shape index (κ2) is 3.63. The maximum atomic E-state index is 5.73. The molecule has 10 heavy (non-hydrogen) atoms. The number of hydrogen-bond donors (Lipinski definition) is 1. The molecule has 1 atom stereocenters. The van der Waals surface area contributed by atoms with Crippen LogP contribution in [0.5, 0.6) is 0 Å². The molecule has 0 spiro atoms. The molecule has 2 N–H and O–H groups in total. The topological polar surface area (TPSA) is 26.0 Å². The summed E-state index contributed by atoms with van der Waals surface area (Å²) in [7, 11) is 0. The van der Waals surface area contributed by atoms with E-state index in [9.17, 15) is 0 Å². The predicted molar refractivity (Wildman–Crippen MR) is 47.7 cm³/mol. The molecule has 0 amide bonds. The molecule has 0 saturated carbocycles. The van der Waals surface area contributed by atoms with Crippen LogP contribution in [0.4, 0.5) is 0 Å². The summed E-state index contributed by atoms with van der Waals surface area (Å²) in [5.41, 5.74) is 5.52. The third-order valence-corrected chi connectivity index (χ3v) is 1.61. The van der Waals surface area contributed by atoms with Gasteiger partial charge in [-0.05, 0) is 12.2 Å². The Morgan fingerprint density at radius 2 is 2.20 bits per heavy atom. The number of nitrogens with two attached hydrogens (primary N) is 1. The molecule has 0 aliphatic heterocycles. The Morgan fingerprint density at radius 1 is 1.60 bits per heavy atom. The Hall–Kier alpha value is 0.310. The van der Waals surface area contributed by atoms with Crippen LogP contribution in [0, 0.1) is 0 Å². The number of halogens is 3. The van der Waals surface area contributed by atoms with E-state index in [4.69, 9.17) is 28.9 Å². The summed E-state index contributed by atoms with van der Waals surface area (Å²) in [5, 5.41) is 0.704. The average molecular weight is 200 g/mol. The number of rotatable bonds is 0. The zero-order chi connectivity index (χ0) is 6.91. The third kappa shape index (κ3) is 2.93. The first-order chi connectivity index (χ1) is 4.10. The molecular weight excluding hydrogens is 192 g/mol. The van der Waals surface area contributed by atoms with E-state index in [1.165, 1.54) is 0 Å². The summed E-state index contributed by atoms with van der Waals surface area (Å²) in [6.07, 6.45) is 5.79. The number of alkyl halides is 1. The molecule has 1 aliphatic carbocycles. The summed E-state index contributed by atoms with van der Waals surface area (Å²) in [6, 6.07) is 0. The van der Waals surface area contributed by atoms with Gasteiger partial charge in [0.2, 0.25) is 0 Å². The van der Waals surface area contributed by atoms with E-state index in [0.717, 1.165) is 0 Å². The van der Waals surface area contributed by atoms with Crippen LogP contribution in [-0.4, -0.2) is 5.00 Å². The summed E-state index contributed by atoms with van der Waals surface area (Å²) >= 11 is 11.4. The molecule has 4 heteroatoms. The maximum Gasteiger partial charge on any atom is 0.115 e. The summed E-state index contributed by atoms with van der Waals surface area (Å²) < 4.78 is 0. The van der Waals surface area contributed by atoms with Crippen LogP contribution in [0.25, 0.3) is 0 Å². The van der Waals surface area contributed by atoms with Crippen LogP contribution in [0.3, 0.4) is 0 Å². The van der Waals surface area contributed by atoms with Crippen LogP contribution < -0.4 is 5.73 Å². The average Bonchev–Trinajstić information content (AvgIpc) is 1.60. The van der Waals surface area contributed by atoms with Gasteiger partial charge >= 0.3 is 0 Å². The maximum absolute atomic E-state index is 5.73. The van der Waals surface area contributed by atoms with Gasteiger partial charge in [-0.15, -0.1) is 12.4 Å². The van der Waals surface area contributed by atoms with E-state index in [2.05, 4.69) is 0 Å². The molecule has 1 aliphatic rings. The lowest BCUT2D eigenvalue weighted by Crippen LogP contribution is -2.31. The zero-order valence-electron chi connectivity index (χ0n) is 5.18. The fraction of sp³-hybridized carbons (Fsp3) is 0.333. The van der Waals surface area contributed by atoms with Gasteiger partial charge < -0.3 is 5.73 Å². The standard InChI is InChI=1S/C6H7Cl2N.ClH/c7-5-2-1-3-6(8,9)4-5;/h1-3H,4,9H2;1H. The third-order valence-electron chi connectivity index (χ3n) is 1.09. The van der Waals surface area contributed by atoms with Gasteiger partial charge in [0.1, 0.15) is 5.00 Å². The molecule has 0 bridgehead atoms. The van der Waals surface area contributed by atoms with Crippen LogP contribution in [-0.2, 0) is 0 Å². The fourth-order valence-electron chi connectivity index (χ4n) is 0.689. The minimum Gasteiger partial charge on any atom is -0.309 e. The SMILES string of the molecule is Cl.NC1(Cl)C=CC=C(Cl)C1. The van der Waals surface area contributed by atoms with Crippen molar-refractivity contribution in [1.29, 1.82) is 0 Å². The summed E-state index contributed by atoms with van der Waals surface area (Å²) in [5.74, 6) is 0. The van der Waals surface area contributed by atoms with Gasteiger partial charge in [0.05, 0.1) is 0 Å². The molecule has 0 aromatic carbocycles. The number of allylic oxidation sites excluding steroid dienone is 2. The molecule has 0 aromatic heterocycles. The smallest absolute Gasteiger partial charge is 0.115 e. The molecule has 0 aromatic rings. The molecular formula is C6H8Cl3N. The van der Waals surface area contributed by atoms with Crippen molar-refractivity contribution in [2.45, 2.75) is 11.4 Å². The molecule has 58 valence electrons. The fourth-order valence-corrected chi connectivity index (χ4v) is 1.27. The molecule has 0 radical (unpaired) electrons. The lowest BCUT2D eigenvalue weighted by atomic mass is 10.1. The Labute approximate surface area is 76.3 Å². The Bertz CT molecular complexity index is 172. The van der Waals surface area contributed by atoms with Crippen molar-refractivity contribution in [2.75, 3.05) is 0 Å². The highest BCUT2D eigenvalue weighted by molar-refractivity contribution is 6.32. The molecule has 0 saturated heterocycles. The monoisotopic (exact) mass is 199 g/mol. The van der Waals surface area contributed by atoms with E-state index in [0.29, 0.717) is 11.5 Å². The van der Waals surface area contributed by atoms with E-state index < -0.39 is 5.00 Å². The molecule has 0 heterocycles. The highest BCUT2D eigenvalue weighted by Gasteiger charge is 2.20. The van der Waals surface area contributed by atoms with Crippen molar-refractivity contribution in [2.24, 2.45) is 5.73 Å². The molecule has 1 nitrogen and oxygen atoms in total. The van der Waals surface area contributed by atoms with Gasteiger partial charge in [0, 0.05) is 11.5 Å². The molecule has 1 unspecified atom stereocenters. The first-order valence-corrected chi connectivity index (χ1v) is 3.37. The van der Waals surface area contributed by atoms with Crippen molar-refractivity contribution in [3.05, 3.63) is 23.3 Å². The molecule has 1 rings (SSSR count). The van der Waals surface area contributed by atoms with E-state index in [1.807, 2.05) is 0 Å². The largest absolute Gasteiger partial charge is 0.309 e. The Balaban J connectivity index is 0.000000810. The predicted octanol–water partition coefficient (Wildman–Crippen LogP) is 2.38. The van der Waals surface area contributed by atoms with Gasteiger partial charge in [-0.2, -0.15) is 0 Å². The van der Waals surface area contributed by atoms with Gasteiger partial charge in [0.25, 0.3) is 0 Å².